The highest BCUT2D eigenvalue weighted by Gasteiger charge is 2.08. The van der Waals surface area contributed by atoms with Gasteiger partial charge in [-0.15, -0.1) is 0 Å². The van der Waals surface area contributed by atoms with E-state index in [0.717, 1.165) is 17.2 Å². The van der Waals surface area contributed by atoms with E-state index in [0.29, 0.717) is 12.3 Å². The summed E-state index contributed by atoms with van der Waals surface area (Å²) in [7, 11) is 2.97. The number of hydroxylamine groups is 2. The maximum Gasteiger partial charge on any atom is 0.345 e. The van der Waals surface area contributed by atoms with Crippen molar-refractivity contribution in [3.63, 3.8) is 0 Å². The van der Waals surface area contributed by atoms with Crippen molar-refractivity contribution in [1.82, 2.24) is 5.06 Å². The molecule has 0 heterocycles. The summed E-state index contributed by atoms with van der Waals surface area (Å²) < 4.78 is 5.75. The van der Waals surface area contributed by atoms with Crippen LogP contribution in [0.1, 0.15) is 11.1 Å². The summed E-state index contributed by atoms with van der Waals surface area (Å²) in [5.41, 5.74) is 3.15. The smallest absolute Gasteiger partial charge is 0.345 e. The van der Waals surface area contributed by atoms with Crippen LogP contribution in [0.3, 0.4) is 0 Å². The second-order valence-electron chi connectivity index (χ2n) is 5.22. The van der Waals surface area contributed by atoms with Crippen molar-refractivity contribution in [2.75, 3.05) is 26.1 Å². The lowest BCUT2D eigenvalue weighted by Gasteiger charge is -2.15. The summed E-state index contributed by atoms with van der Waals surface area (Å²) in [4.78, 5) is 16.6. The van der Waals surface area contributed by atoms with Gasteiger partial charge in [-0.25, -0.2) is 9.86 Å². The Balaban J connectivity index is 1.87. The van der Waals surface area contributed by atoms with Crippen molar-refractivity contribution in [1.29, 1.82) is 0 Å². The van der Waals surface area contributed by atoms with Crippen molar-refractivity contribution < 1.29 is 14.4 Å². The minimum atomic E-state index is -0.343. The Morgan fingerprint density at radius 1 is 1.17 bits per heavy atom. The average Bonchev–Trinajstić information content (AvgIpc) is 2.56. The van der Waals surface area contributed by atoms with Crippen molar-refractivity contribution in [3.8, 4) is 5.75 Å². The lowest BCUT2D eigenvalue weighted by atomic mass is 10.1. The number of hydrogen-bond acceptors (Lipinski definition) is 3. The highest BCUT2D eigenvalue weighted by molar-refractivity contribution is 5.88. The molecule has 0 radical (unpaired) electrons. The molecule has 0 fully saturated rings. The molecule has 0 spiro atoms. The molecule has 2 aromatic rings. The monoisotopic (exact) mass is 314 g/mol. The van der Waals surface area contributed by atoms with Gasteiger partial charge >= 0.3 is 6.03 Å². The van der Waals surface area contributed by atoms with Gasteiger partial charge in [-0.2, -0.15) is 0 Å². The molecule has 0 saturated carbocycles. The molecule has 2 aromatic carbocycles. The fraction of sp³-hybridized carbons (Fsp3) is 0.278. The number of carbonyl (C=O) groups excluding carboxylic acids is 1. The van der Waals surface area contributed by atoms with Gasteiger partial charge in [0.1, 0.15) is 5.75 Å². The van der Waals surface area contributed by atoms with Gasteiger partial charge in [0.15, 0.2) is 0 Å². The summed E-state index contributed by atoms with van der Waals surface area (Å²) >= 11 is 0. The van der Waals surface area contributed by atoms with Crippen molar-refractivity contribution >= 4 is 11.7 Å². The normalized spacial score (nSPS) is 10.2. The number of nitrogens with one attached hydrogen (secondary N) is 1. The summed E-state index contributed by atoms with van der Waals surface area (Å²) in [6, 6.07) is 15.4. The summed E-state index contributed by atoms with van der Waals surface area (Å²) in [5, 5.41) is 3.85. The van der Waals surface area contributed by atoms with Crippen LogP contribution in [0.15, 0.2) is 48.5 Å². The third-order valence-corrected chi connectivity index (χ3v) is 3.43. The molecule has 0 atom stereocenters. The number of anilines is 1. The molecule has 0 aliphatic rings. The van der Waals surface area contributed by atoms with E-state index in [2.05, 4.69) is 36.5 Å². The molecule has 0 aromatic heterocycles. The van der Waals surface area contributed by atoms with Gasteiger partial charge in [0, 0.05) is 25.2 Å². The Morgan fingerprint density at radius 2 is 1.91 bits per heavy atom. The molecule has 23 heavy (non-hydrogen) atoms. The van der Waals surface area contributed by atoms with E-state index in [9.17, 15) is 4.79 Å². The van der Waals surface area contributed by atoms with Crippen LogP contribution in [0, 0.1) is 6.92 Å². The van der Waals surface area contributed by atoms with E-state index < -0.39 is 0 Å². The van der Waals surface area contributed by atoms with Crippen LogP contribution in [0.2, 0.25) is 0 Å². The molecule has 2 amide bonds. The van der Waals surface area contributed by atoms with Crippen LogP contribution in [0.5, 0.6) is 5.75 Å². The van der Waals surface area contributed by atoms with Crippen LogP contribution < -0.4 is 10.1 Å². The molecular formula is C18H22N2O3. The largest absolute Gasteiger partial charge is 0.493 e. The fourth-order valence-corrected chi connectivity index (χ4v) is 1.99. The number of carbonyl (C=O) groups is 1. The topological polar surface area (TPSA) is 50.8 Å². The molecular weight excluding hydrogens is 292 g/mol. The van der Waals surface area contributed by atoms with Crippen molar-refractivity contribution in [2.45, 2.75) is 13.3 Å². The zero-order valence-corrected chi connectivity index (χ0v) is 13.7. The number of urea groups is 1. The Hall–Kier alpha value is -2.53. The molecule has 0 bridgehead atoms. The lowest BCUT2D eigenvalue weighted by molar-refractivity contribution is -0.0598. The third kappa shape index (κ3) is 5.30. The van der Waals surface area contributed by atoms with Gasteiger partial charge in [0.2, 0.25) is 0 Å². The zero-order valence-electron chi connectivity index (χ0n) is 13.7. The summed E-state index contributed by atoms with van der Waals surface area (Å²) in [6.45, 7) is 2.65. The molecule has 1 N–H and O–H groups in total. The summed E-state index contributed by atoms with van der Waals surface area (Å²) in [6.07, 6.45) is 0.837. The van der Waals surface area contributed by atoms with Crippen LogP contribution in [-0.4, -0.2) is 31.9 Å². The first-order valence-corrected chi connectivity index (χ1v) is 7.45. The maximum absolute atomic E-state index is 11.7. The molecule has 0 aliphatic carbocycles. The highest BCUT2D eigenvalue weighted by Crippen LogP contribution is 2.18. The maximum atomic E-state index is 11.7. The average molecular weight is 314 g/mol. The number of benzene rings is 2. The first-order chi connectivity index (χ1) is 11.1. The van der Waals surface area contributed by atoms with Gasteiger partial charge in [0.25, 0.3) is 0 Å². The van der Waals surface area contributed by atoms with Gasteiger partial charge < -0.3 is 10.1 Å². The fourth-order valence-electron chi connectivity index (χ4n) is 1.99. The van der Waals surface area contributed by atoms with Crippen molar-refractivity contribution in [2.24, 2.45) is 0 Å². The van der Waals surface area contributed by atoms with Crippen LogP contribution in [0.4, 0.5) is 10.5 Å². The molecule has 5 heteroatoms. The third-order valence-electron chi connectivity index (χ3n) is 3.43. The van der Waals surface area contributed by atoms with Crippen molar-refractivity contribution in [3.05, 3.63) is 59.7 Å². The SMILES string of the molecule is CON(C)C(=O)Nc1cccc(OCCc2ccc(C)cc2)c1. The zero-order chi connectivity index (χ0) is 16.7. The predicted octanol–water partition coefficient (Wildman–Crippen LogP) is 3.64. The minimum Gasteiger partial charge on any atom is -0.493 e. The van der Waals surface area contributed by atoms with Gasteiger partial charge in [-0.3, -0.25) is 4.84 Å². The Bertz CT molecular complexity index is 641. The Morgan fingerprint density at radius 3 is 2.61 bits per heavy atom. The molecule has 0 aliphatic heterocycles. The van der Waals surface area contributed by atoms with E-state index in [-0.39, 0.29) is 6.03 Å². The molecule has 122 valence electrons. The van der Waals surface area contributed by atoms with Crippen LogP contribution in [-0.2, 0) is 11.3 Å². The highest BCUT2D eigenvalue weighted by atomic mass is 16.7. The number of rotatable bonds is 6. The van der Waals surface area contributed by atoms with Gasteiger partial charge in [0.05, 0.1) is 13.7 Å². The molecule has 0 saturated heterocycles. The van der Waals surface area contributed by atoms with Crippen LogP contribution >= 0.6 is 0 Å². The first-order valence-electron chi connectivity index (χ1n) is 7.45. The van der Waals surface area contributed by atoms with Crippen LogP contribution in [0.25, 0.3) is 0 Å². The van der Waals surface area contributed by atoms with E-state index in [4.69, 9.17) is 9.57 Å². The van der Waals surface area contributed by atoms with Gasteiger partial charge in [-0.1, -0.05) is 35.9 Å². The van der Waals surface area contributed by atoms with E-state index in [1.807, 2.05) is 12.1 Å². The molecule has 5 nitrogen and oxygen atoms in total. The van der Waals surface area contributed by atoms with E-state index in [1.54, 1.807) is 12.1 Å². The number of aryl methyl sites for hydroxylation is 1. The Labute approximate surface area is 136 Å². The lowest BCUT2D eigenvalue weighted by Crippen LogP contribution is -2.30. The summed E-state index contributed by atoms with van der Waals surface area (Å²) in [5.74, 6) is 0.718. The quantitative estimate of drug-likeness (QED) is 0.828. The number of amides is 2. The first kappa shape index (κ1) is 16.8. The number of nitrogens with zero attached hydrogens (tertiary/aromatic N) is 1. The molecule has 2 rings (SSSR count). The Kier molecular flexibility index (Phi) is 6.00. The minimum absolute atomic E-state index is 0.343. The molecule has 0 unspecified atom stereocenters. The number of ether oxygens (including phenoxy) is 1. The predicted molar refractivity (Wildman–Crippen MR) is 90.6 cm³/mol. The standard InChI is InChI=1S/C18H22N2O3/c1-14-7-9-15(10-8-14)11-12-23-17-6-4-5-16(13-17)19-18(21)20(2)22-3/h4-10,13H,11-12H2,1-3H3,(H,19,21). The van der Waals surface area contributed by atoms with E-state index >= 15 is 0 Å². The number of hydrogen-bond donors (Lipinski definition) is 1. The second kappa shape index (κ2) is 8.19. The van der Waals surface area contributed by atoms with Gasteiger partial charge in [-0.05, 0) is 24.6 Å². The van der Waals surface area contributed by atoms with E-state index in [1.165, 1.54) is 25.3 Å². The second-order valence-corrected chi connectivity index (χ2v) is 5.22.